The summed E-state index contributed by atoms with van der Waals surface area (Å²) < 4.78 is 0.984. The molecule has 1 aliphatic heterocycles. The van der Waals surface area contributed by atoms with Crippen molar-refractivity contribution in [2.24, 2.45) is 0 Å². The Morgan fingerprint density at radius 1 is 1.47 bits per heavy atom. The number of carbonyl (C=O) groups excluding carboxylic acids is 1. The Bertz CT molecular complexity index is 495. The van der Waals surface area contributed by atoms with E-state index >= 15 is 0 Å². The summed E-state index contributed by atoms with van der Waals surface area (Å²) in [5.74, 6) is 0.0394. The molecule has 5 heteroatoms. The molecule has 0 saturated heterocycles. The second kappa shape index (κ2) is 4.76. The highest BCUT2D eigenvalue weighted by molar-refractivity contribution is 9.10. The predicted molar refractivity (Wildman–Crippen MR) is 70.0 cm³/mol. The zero-order valence-corrected chi connectivity index (χ0v) is 11.1. The number of rotatable bonds is 2. The highest BCUT2D eigenvalue weighted by Crippen LogP contribution is 2.34. The molecular formula is C12H12BrN3O. The number of likely N-dealkylation sites (N-methyl/N-ethyl adjacent to an activating group) is 1. The van der Waals surface area contributed by atoms with Crippen molar-refractivity contribution in [1.29, 1.82) is 5.26 Å². The summed E-state index contributed by atoms with van der Waals surface area (Å²) >= 11 is 3.42. The van der Waals surface area contributed by atoms with Gasteiger partial charge < -0.3 is 9.80 Å². The molecule has 1 aliphatic rings. The summed E-state index contributed by atoms with van der Waals surface area (Å²) in [6.07, 6.45) is 0.352. The molecule has 0 saturated carbocycles. The summed E-state index contributed by atoms with van der Waals surface area (Å²) in [5, 5.41) is 8.62. The summed E-state index contributed by atoms with van der Waals surface area (Å²) in [4.78, 5) is 15.5. The molecule has 0 aliphatic carbocycles. The number of fused-ring (bicyclic) bond motifs is 1. The molecule has 0 fully saturated rings. The van der Waals surface area contributed by atoms with Gasteiger partial charge in [-0.3, -0.25) is 4.79 Å². The van der Waals surface area contributed by atoms with Crippen molar-refractivity contribution in [2.45, 2.75) is 6.42 Å². The molecule has 1 heterocycles. The minimum Gasteiger partial charge on any atom is -0.364 e. The fraction of sp³-hybridized carbons (Fsp3) is 0.333. The quantitative estimate of drug-likeness (QED) is 0.839. The van der Waals surface area contributed by atoms with Gasteiger partial charge in [-0.05, 0) is 18.2 Å². The monoisotopic (exact) mass is 293 g/mol. The van der Waals surface area contributed by atoms with Gasteiger partial charge in [-0.25, -0.2) is 0 Å². The van der Waals surface area contributed by atoms with Crippen LogP contribution in [0.4, 0.5) is 11.4 Å². The highest BCUT2D eigenvalue weighted by atomic mass is 79.9. The molecule has 1 aromatic rings. The number of nitriles is 1. The molecule has 0 spiro atoms. The molecule has 1 aromatic carbocycles. The lowest BCUT2D eigenvalue weighted by Gasteiger charge is -2.35. The Morgan fingerprint density at radius 2 is 2.24 bits per heavy atom. The van der Waals surface area contributed by atoms with E-state index in [0.29, 0.717) is 19.5 Å². The van der Waals surface area contributed by atoms with Crippen LogP contribution in [0.25, 0.3) is 0 Å². The topological polar surface area (TPSA) is 47.3 Å². The molecule has 0 unspecified atom stereocenters. The van der Waals surface area contributed by atoms with Crippen LogP contribution < -0.4 is 9.80 Å². The van der Waals surface area contributed by atoms with Crippen LogP contribution in [-0.4, -0.2) is 26.0 Å². The van der Waals surface area contributed by atoms with Gasteiger partial charge >= 0.3 is 0 Å². The summed E-state index contributed by atoms with van der Waals surface area (Å²) in [6.45, 7) is 0.812. The molecule has 4 nitrogen and oxygen atoms in total. The zero-order chi connectivity index (χ0) is 12.4. The van der Waals surface area contributed by atoms with E-state index in [4.69, 9.17) is 5.26 Å². The number of halogens is 1. The summed E-state index contributed by atoms with van der Waals surface area (Å²) in [5.41, 5.74) is 1.89. The summed E-state index contributed by atoms with van der Waals surface area (Å²) in [6, 6.07) is 7.87. The van der Waals surface area contributed by atoms with Gasteiger partial charge in [0.05, 0.1) is 30.4 Å². The minimum absolute atomic E-state index is 0.0394. The maximum absolute atomic E-state index is 11.9. The third-order valence-electron chi connectivity index (χ3n) is 2.76. The SMILES string of the molecule is CN1CC(=O)N(CCC#N)c2ccc(Br)cc21. The Morgan fingerprint density at radius 3 is 2.94 bits per heavy atom. The smallest absolute Gasteiger partial charge is 0.246 e. The van der Waals surface area contributed by atoms with E-state index in [9.17, 15) is 4.79 Å². The number of hydrogen-bond acceptors (Lipinski definition) is 3. The standard InChI is InChI=1S/C12H12BrN3O/c1-15-8-12(17)16(6-2-5-14)10-4-3-9(13)7-11(10)15/h3-4,7H,2,6,8H2,1H3. The third-order valence-corrected chi connectivity index (χ3v) is 3.25. The van der Waals surface area contributed by atoms with E-state index in [-0.39, 0.29) is 5.91 Å². The van der Waals surface area contributed by atoms with Crippen LogP contribution in [-0.2, 0) is 4.79 Å². The van der Waals surface area contributed by atoms with Crippen LogP contribution in [0.5, 0.6) is 0 Å². The molecule has 88 valence electrons. The van der Waals surface area contributed by atoms with Gasteiger partial charge in [0, 0.05) is 18.1 Å². The molecular weight excluding hydrogens is 282 g/mol. The first-order valence-corrected chi connectivity index (χ1v) is 6.11. The second-order valence-electron chi connectivity index (χ2n) is 3.94. The summed E-state index contributed by atoms with van der Waals surface area (Å²) in [7, 11) is 1.89. The van der Waals surface area contributed by atoms with E-state index < -0.39 is 0 Å². The number of amides is 1. The van der Waals surface area contributed by atoms with Gasteiger partial charge in [0.15, 0.2) is 0 Å². The number of anilines is 2. The van der Waals surface area contributed by atoms with Crippen molar-refractivity contribution in [1.82, 2.24) is 0 Å². The maximum atomic E-state index is 11.9. The molecule has 0 N–H and O–H groups in total. The average molecular weight is 294 g/mol. The van der Waals surface area contributed by atoms with Gasteiger partial charge in [-0.15, -0.1) is 0 Å². The molecule has 0 aromatic heterocycles. The Hall–Kier alpha value is -1.54. The lowest BCUT2D eigenvalue weighted by Crippen LogP contribution is -2.44. The maximum Gasteiger partial charge on any atom is 0.246 e. The average Bonchev–Trinajstić information content (AvgIpc) is 2.29. The van der Waals surface area contributed by atoms with Crippen molar-refractivity contribution in [2.75, 3.05) is 29.9 Å². The van der Waals surface area contributed by atoms with Gasteiger partial charge in [0.25, 0.3) is 0 Å². The Kier molecular flexibility index (Phi) is 3.34. The molecule has 0 atom stereocenters. The van der Waals surface area contributed by atoms with Gasteiger partial charge in [-0.2, -0.15) is 5.26 Å². The van der Waals surface area contributed by atoms with Crippen molar-refractivity contribution in [3.05, 3.63) is 22.7 Å². The van der Waals surface area contributed by atoms with Crippen LogP contribution in [0.2, 0.25) is 0 Å². The molecule has 17 heavy (non-hydrogen) atoms. The van der Waals surface area contributed by atoms with Crippen LogP contribution in [0, 0.1) is 11.3 Å². The number of nitrogens with zero attached hydrogens (tertiary/aromatic N) is 3. The fourth-order valence-electron chi connectivity index (χ4n) is 1.95. The van der Waals surface area contributed by atoms with E-state index in [1.165, 1.54) is 0 Å². The molecule has 2 rings (SSSR count). The first kappa shape index (κ1) is 11.9. The second-order valence-corrected chi connectivity index (χ2v) is 4.86. The first-order valence-electron chi connectivity index (χ1n) is 5.31. The van der Waals surface area contributed by atoms with Crippen molar-refractivity contribution in [3.63, 3.8) is 0 Å². The van der Waals surface area contributed by atoms with Crippen molar-refractivity contribution < 1.29 is 4.79 Å². The Balaban J connectivity index is 2.40. The van der Waals surface area contributed by atoms with Crippen molar-refractivity contribution >= 4 is 33.2 Å². The van der Waals surface area contributed by atoms with Crippen LogP contribution in [0.1, 0.15) is 6.42 Å². The van der Waals surface area contributed by atoms with Crippen LogP contribution >= 0.6 is 15.9 Å². The molecule has 0 radical (unpaired) electrons. The van der Waals surface area contributed by atoms with Gasteiger partial charge in [0.2, 0.25) is 5.91 Å². The lowest BCUT2D eigenvalue weighted by molar-refractivity contribution is -0.117. The van der Waals surface area contributed by atoms with Crippen LogP contribution in [0.15, 0.2) is 22.7 Å². The first-order chi connectivity index (χ1) is 8.13. The lowest BCUT2D eigenvalue weighted by atomic mass is 10.1. The van der Waals surface area contributed by atoms with E-state index in [0.717, 1.165) is 15.8 Å². The number of hydrogen-bond donors (Lipinski definition) is 0. The third kappa shape index (κ3) is 2.27. The van der Waals surface area contributed by atoms with E-state index in [1.807, 2.05) is 30.1 Å². The van der Waals surface area contributed by atoms with Gasteiger partial charge in [-0.1, -0.05) is 15.9 Å². The highest BCUT2D eigenvalue weighted by Gasteiger charge is 2.26. The largest absolute Gasteiger partial charge is 0.364 e. The minimum atomic E-state index is 0.0394. The molecule has 0 bridgehead atoms. The normalized spacial score (nSPS) is 14.5. The van der Waals surface area contributed by atoms with E-state index in [2.05, 4.69) is 22.0 Å². The number of carbonyl (C=O) groups is 1. The predicted octanol–water partition coefficient (Wildman–Crippen LogP) is 2.15. The zero-order valence-electron chi connectivity index (χ0n) is 9.48. The van der Waals surface area contributed by atoms with Crippen molar-refractivity contribution in [3.8, 4) is 6.07 Å². The Labute approximate surface area is 109 Å². The van der Waals surface area contributed by atoms with Crippen LogP contribution in [0.3, 0.4) is 0 Å². The molecule has 1 amide bonds. The number of benzene rings is 1. The fourth-order valence-corrected chi connectivity index (χ4v) is 2.29. The van der Waals surface area contributed by atoms with E-state index in [1.54, 1.807) is 4.90 Å². The van der Waals surface area contributed by atoms with Gasteiger partial charge in [0.1, 0.15) is 0 Å².